The average molecular weight is 231 g/mol. The summed E-state index contributed by atoms with van der Waals surface area (Å²) < 4.78 is 5.31. The molecule has 0 saturated heterocycles. The highest BCUT2D eigenvalue weighted by molar-refractivity contribution is 9.09. The zero-order valence-corrected chi connectivity index (χ0v) is 9.23. The van der Waals surface area contributed by atoms with Crippen LogP contribution in [0.1, 0.15) is 26.0 Å². The van der Waals surface area contributed by atoms with Crippen LogP contribution in [-0.4, -0.2) is 5.33 Å². The predicted octanol–water partition coefficient (Wildman–Crippen LogP) is 3.63. The van der Waals surface area contributed by atoms with Crippen molar-refractivity contribution >= 4 is 15.9 Å². The standard InChI is InChI=1S/C10H15BrO/c1-3-10(2,8-11)7-9-5-4-6-12-9/h4-6H,3,7-8H2,1-2H3. The second-order valence-electron chi connectivity index (χ2n) is 3.55. The normalized spacial score (nSPS) is 15.9. The third-order valence-corrected chi connectivity index (χ3v) is 3.71. The van der Waals surface area contributed by atoms with E-state index in [0.29, 0.717) is 5.41 Å². The van der Waals surface area contributed by atoms with E-state index in [9.17, 15) is 0 Å². The van der Waals surface area contributed by atoms with E-state index in [1.165, 1.54) is 6.42 Å². The van der Waals surface area contributed by atoms with Gasteiger partial charge >= 0.3 is 0 Å². The van der Waals surface area contributed by atoms with Gasteiger partial charge in [0.05, 0.1) is 6.26 Å². The molecule has 1 heterocycles. The second kappa shape index (κ2) is 4.13. The molecular formula is C10H15BrO. The van der Waals surface area contributed by atoms with E-state index in [1.54, 1.807) is 6.26 Å². The maximum atomic E-state index is 5.31. The Hall–Kier alpha value is -0.240. The molecule has 1 aromatic heterocycles. The molecule has 0 aliphatic heterocycles. The molecule has 0 aromatic carbocycles. The molecule has 0 bridgehead atoms. The van der Waals surface area contributed by atoms with Crippen LogP contribution in [0.3, 0.4) is 0 Å². The number of hydrogen-bond acceptors (Lipinski definition) is 1. The number of alkyl halides is 1. The zero-order chi connectivity index (χ0) is 9.03. The summed E-state index contributed by atoms with van der Waals surface area (Å²) in [6.45, 7) is 4.48. The summed E-state index contributed by atoms with van der Waals surface area (Å²) in [6, 6.07) is 3.98. The lowest BCUT2D eigenvalue weighted by Gasteiger charge is -2.23. The van der Waals surface area contributed by atoms with Crippen LogP contribution < -0.4 is 0 Å². The molecule has 0 saturated carbocycles. The highest BCUT2D eigenvalue weighted by atomic mass is 79.9. The summed E-state index contributed by atoms with van der Waals surface area (Å²) in [5, 5.41) is 1.02. The fraction of sp³-hybridized carbons (Fsp3) is 0.600. The van der Waals surface area contributed by atoms with Gasteiger partial charge in [0.25, 0.3) is 0 Å². The molecule has 0 radical (unpaired) electrons. The van der Waals surface area contributed by atoms with Gasteiger partial charge in [-0.05, 0) is 24.0 Å². The van der Waals surface area contributed by atoms with Gasteiger partial charge in [-0.15, -0.1) is 0 Å². The quantitative estimate of drug-likeness (QED) is 0.721. The van der Waals surface area contributed by atoms with Crippen LogP contribution in [0.5, 0.6) is 0 Å². The van der Waals surface area contributed by atoms with Crippen LogP contribution in [0, 0.1) is 5.41 Å². The Bertz CT molecular complexity index is 212. The van der Waals surface area contributed by atoms with Crippen molar-refractivity contribution < 1.29 is 4.42 Å². The first-order valence-corrected chi connectivity index (χ1v) is 5.41. The van der Waals surface area contributed by atoms with Crippen molar-refractivity contribution in [3.05, 3.63) is 24.2 Å². The Morgan fingerprint density at radius 2 is 2.33 bits per heavy atom. The lowest BCUT2D eigenvalue weighted by molar-refractivity contribution is 0.327. The molecule has 0 aliphatic carbocycles. The van der Waals surface area contributed by atoms with E-state index >= 15 is 0 Å². The molecule has 1 atom stereocenters. The summed E-state index contributed by atoms with van der Waals surface area (Å²) in [6.07, 6.45) is 3.92. The topological polar surface area (TPSA) is 13.1 Å². The first kappa shape index (κ1) is 9.85. The first-order valence-electron chi connectivity index (χ1n) is 4.28. The van der Waals surface area contributed by atoms with Crippen LogP contribution in [0.25, 0.3) is 0 Å². The third-order valence-electron chi connectivity index (χ3n) is 2.36. The van der Waals surface area contributed by atoms with Crippen LogP contribution >= 0.6 is 15.9 Å². The summed E-state index contributed by atoms with van der Waals surface area (Å²) in [5.74, 6) is 1.08. The van der Waals surface area contributed by atoms with Gasteiger partial charge < -0.3 is 4.42 Å². The molecule has 1 rings (SSSR count). The highest BCUT2D eigenvalue weighted by Crippen LogP contribution is 2.28. The Labute approximate surface area is 82.3 Å². The van der Waals surface area contributed by atoms with Gasteiger partial charge in [-0.25, -0.2) is 0 Å². The maximum Gasteiger partial charge on any atom is 0.104 e. The molecule has 68 valence electrons. The SMILES string of the molecule is CCC(C)(CBr)Cc1ccco1. The summed E-state index contributed by atoms with van der Waals surface area (Å²) in [5.41, 5.74) is 0.331. The molecule has 0 N–H and O–H groups in total. The Balaban J connectivity index is 2.60. The minimum absolute atomic E-state index is 0.331. The van der Waals surface area contributed by atoms with Gasteiger partial charge in [-0.1, -0.05) is 29.8 Å². The van der Waals surface area contributed by atoms with Crippen molar-refractivity contribution in [2.75, 3.05) is 5.33 Å². The van der Waals surface area contributed by atoms with E-state index in [4.69, 9.17) is 4.42 Å². The lowest BCUT2D eigenvalue weighted by atomic mass is 9.85. The van der Waals surface area contributed by atoms with Gasteiger partial charge in [-0.2, -0.15) is 0 Å². The van der Waals surface area contributed by atoms with Gasteiger partial charge in [0.2, 0.25) is 0 Å². The van der Waals surface area contributed by atoms with E-state index < -0.39 is 0 Å². The number of halogens is 1. The molecule has 1 unspecified atom stereocenters. The first-order chi connectivity index (χ1) is 5.70. The van der Waals surface area contributed by atoms with E-state index in [-0.39, 0.29) is 0 Å². The van der Waals surface area contributed by atoms with E-state index in [2.05, 4.69) is 29.8 Å². The fourth-order valence-electron chi connectivity index (χ4n) is 1.10. The minimum atomic E-state index is 0.331. The van der Waals surface area contributed by atoms with Gasteiger partial charge in [0, 0.05) is 11.8 Å². The van der Waals surface area contributed by atoms with Crippen molar-refractivity contribution in [3.8, 4) is 0 Å². The monoisotopic (exact) mass is 230 g/mol. The smallest absolute Gasteiger partial charge is 0.104 e. The fourth-order valence-corrected chi connectivity index (χ4v) is 1.70. The second-order valence-corrected chi connectivity index (χ2v) is 4.11. The van der Waals surface area contributed by atoms with Gasteiger partial charge in [0.15, 0.2) is 0 Å². The Morgan fingerprint density at radius 3 is 2.75 bits per heavy atom. The van der Waals surface area contributed by atoms with Crippen molar-refractivity contribution in [1.29, 1.82) is 0 Å². The predicted molar refractivity (Wildman–Crippen MR) is 54.6 cm³/mol. The van der Waals surface area contributed by atoms with Crippen molar-refractivity contribution in [2.45, 2.75) is 26.7 Å². The minimum Gasteiger partial charge on any atom is -0.469 e. The molecule has 12 heavy (non-hydrogen) atoms. The number of hydrogen-bond donors (Lipinski definition) is 0. The lowest BCUT2D eigenvalue weighted by Crippen LogP contribution is -2.19. The molecule has 0 aliphatic rings. The summed E-state index contributed by atoms with van der Waals surface area (Å²) in [4.78, 5) is 0. The molecule has 2 heteroatoms. The van der Waals surface area contributed by atoms with Crippen molar-refractivity contribution in [3.63, 3.8) is 0 Å². The Kier molecular flexibility index (Phi) is 3.39. The molecule has 0 fully saturated rings. The number of rotatable bonds is 4. The van der Waals surface area contributed by atoms with Crippen LogP contribution in [0.4, 0.5) is 0 Å². The van der Waals surface area contributed by atoms with Gasteiger partial charge in [0.1, 0.15) is 5.76 Å². The van der Waals surface area contributed by atoms with Crippen molar-refractivity contribution in [1.82, 2.24) is 0 Å². The maximum absolute atomic E-state index is 5.31. The largest absolute Gasteiger partial charge is 0.469 e. The molecule has 0 amide bonds. The van der Waals surface area contributed by atoms with Gasteiger partial charge in [-0.3, -0.25) is 0 Å². The molecule has 0 spiro atoms. The molecule has 1 aromatic rings. The van der Waals surface area contributed by atoms with Crippen LogP contribution in [0.15, 0.2) is 22.8 Å². The zero-order valence-electron chi connectivity index (χ0n) is 7.64. The van der Waals surface area contributed by atoms with Crippen LogP contribution in [-0.2, 0) is 6.42 Å². The van der Waals surface area contributed by atoms with E-state index in [0.717, 1.165) is 17.5 Å². The average Bonchev–Trinajstić information content (AvgIpc) is 2.57. The Morgan fingerprint density at radius 1 is 1.58 bits per heavy atom. The highest BCUT2D eigenvalue weighted by Gasteiger charge is 2.22. The summed E-state index contributed by atoms with van der Waals surface area (Å²) >= 11 is 3.54. The van der Waals surface area contributed by atoms with E-state index in [1.807, 2.05) is 12.1 Å². The summed E-state index contributed by atoms with van der Waals surface area (Å²) in [7, 11) is 0. The molecule has 1 nitrogen and oxygen atoms in total. The van der Waals surface area contributed by atoms with Crippen LogP contribution in [0.2, 0.25) is 0 Å². The third kappa shape index (κ3) is 2.37. The van der Waals surface area contributed by atoms with Crippen molar-refractivity contribution in [2.24, 2.45) is 5.41 Å². The number of furan rings is 1. The molecular weight excluding hydrogens is 216 g/mol.